The Labute approximate surface area is 129 Å². The number of pyridine rings is 1. The highest BCUT2D eigenvalue weighted by molar-refractivity contribution is 8.00. The van der Waals surface area contributed by atoms with Crippen molar-refractivity contribution in [3.63, 3.8) is 0 Å². The summed E-state index contributed by atoms with van der Waals surface area (Å²) < 4.78 is 0. The van der Waals surface area contributed by atoms with E-state index in [2.05, 4.69) is 36.4 Å². The Bertz CT molecular complexity index is 540. The molecule has 0 radical (unpaired) electrons. The Kier molecular flexibility index (Phi) is 4.88. The molecule has 1 aromatic rings. The standard InChI is InChI=1S/C15H21N3O2S/c1-15(2,3)6-8-16-12(19)9-11-13(20)18-10-5-4-7-17-14(10)21-11/h4-5,7,11H,6,8-9H2,1-3H3,(H,16,19)(H,18,20). The van der Waals surface area contributed by atoms with E-state index in [-0.39, 0.29) is 23.7 Å². The highest BCUT2D eigenvalue weighted by Crippen LogP contribution is 2.34. The van der Waals surface area contributed by atoms with E-state index in [1.165, 1.54) is 11.8 Å². The fourth-order valence-corrected chi connectivity index (χ4v) is 2.97. The second kappa shape index (κ2) is 6.47. The molecular weight excluding hydrogens is 286 g/mol. The van der Waals surface area contributed by atoms with Gasteiger partial charge < -0.3 is 10.6 Å². The molecule has 0 spiro atoms. The number of nitrogens with one attached hydrogen (secondary N) is 2. The van der Waals surface area contributed by atoms with Crippen molar-refractivity contribution in [2.45, 2.75) is 43.9 Å². The number of hydrogen-bond acceptors (Lipinski definition) is 4. The van der Waals surface area contributed by atoms with E-state index in [0.717, 1.165) is 17.1 Å². The summed E-state index contributed by atoms with van der Waals surface area (Å²) in [4.78, 5) is 28.1. The second-order valence-corrected chi connectivity index (χ2v) is 7.51. The Hall–Kier alpha value is -1.56. The Morgan fingerprint density at radius 2 is 2.24 bits per heavy atom. The largest absolute Gasteiger partial charge is 0.356 e. The van der Waals surface area contributed by atoms with Gasteiger partial charge in [0.25, 0.3) is 0 Å². The number of anilines is 1. The monoisotopic (exact) mass is 307 g/mol. The first-order chi connectivity index (χ1) is 9.85. The van der Waals surface area contributed by atoms with Crippen LogP contribution < -0.4 is 10.6 Å². The van der Waals surface area contributed by atoms with E-state index in [1.54, 1.807) is 12.3 Å². The van der Waals surface area contributed by atoms with Crippen LogP contribution in [0.15, 0.2) is 23.4 Å². The lowest BCUT2D eigenvalue weighted by molar-refractivity contribution is -0.124. The minimum Gasteiger partial charge on any atom is -0.356 e. The molecule has 0 aliphatic carbocycles. The molecule has 0 aromatic carbocycles. The van der Waals surface area contributed by atoms with Gasteiger partial charge in [0.1, 0.15) is 5.03 Å². The molecule has 1 aliphatic heterocycles. The molecule has 21 heavy (non-hydrogen) atoms. The van der Waals surface area contributed by atoms with Crippen LogP contribution in [0, 0.1) is 5.41 Å². The molecule has 2 amide bonds. The third-order valence-electron chi connectivity index (χ3n) is 3.14. The summed E-state index contributed by atoms with van der Waals surface area (Å²) in [5.41, 5.74) is 0.907. The van der Waals surface area contributed by atoms with Crippen molar-refractivity contribution in [1.29, 1.82) is 0 Å². The van der Waals surface area contributed by atoms with Gasteiger partial charge in [-0.3, -0.25) is 9.59 Å². The first-order valence-electron chi connectivity index (χ1n) is 7.04. The molecule has 114 valence electrons. The van der Waals surface area contributed by atoms with Gasteiger partial charge in [0, 0.05) is 19.2 Å². The Balaban J connectivity index is 1.86. The average molecular weight is 307 g/mol. The summed E-state index contributed by atoms with van der Waals surface area (Å²) in [6, 6.07) is 3.59. The van der Waals surface area contributed by atoms with E-state index in [0.29, 0.717) is 6.54 Å². The van der Waals surface area contributed by atoms with Crippen LogP contribution >= 0.6 is 11.8 Å². The molecule has 0 fully saturated rings. The zero-order valence-corrected chi connectivity index (χ0v) is 13.4. The summed E-state index contributed by atoms with van der Waals surface area (Å²) in [5, 5.41) is 6.03. The lowest BCUT2D eigenvalue weighted by atomic mass is 9.92. The van der Waals surface area contributed by atoms with E-state index < -0.39 is 5.25 Å². The van der Waals surface area contributed by atoms with Crippen LogP contribution in [-0.2, 0) is 9.59 Å². The zero-order valence-electron chi connectivity index (χ0n) is 12.6. The van der Waals surface area contributed by atoms with Gasteiger partial charge in [-0.2, -0.15) is 0 Å². The molecule has 6 heteroatoms. The van der Waals surface area contributed by atoms with Crippen LogP contribution in [0.4, 0.5) is 5.69 Å². The second-order valence-electron chi connectivity index (χ2n) is 6.32. The van der Waals surface area contributed by atoms with E-state index >= 15 is 0 Å². The normalized spacial score (nSPS) is 17.9. The minimum absolute atomic E-state index is 0.0914. The molecule has 1 unspecified atom stereocenters. The third kappa shape index (κ3) is 4.74. The van der Waals surface area contributed by atoms with E-state index in [9.17, 15) is 9.59 Å². The molecule has 2 N–H and O–H groups in total. The van der Waals surface area contributed by atoms with Gasteiger partial charge in [-0.25, -0.2) is 4.98 Å². The van der Waals surface area contributed by atoms with Crippen molar-refractivity contribution < 1.29 is 9.59 Å². The number of hydrogen-bond donors (Lipinski definition) is 2. The van der Waals surface area contributed by atoms with Crippen LogP contribution in [0.25, 0.3) is 0 Å². The van der Waals surface area contributed by atoms with Gasteiger partial charge in [0.2, 0.25) is 11.8 Å². The Morgan fingerprint density at radius 1 is 1.48 bits per heavy atom. The van der Waals surface area contributed by atoms with Crippen LogP contribution in [0.5, 0.6) is 0 Å². The first-order valence-corrected chi connectivity index (χ1v) is 7.92. The summed E-state index contributed by atoms with van der Waals surface area (Å²) in [6.07, 6.45) is 2.77. The van der Waals surface area contributed by atoms with Crippen LogP contribution in [-0.4, -0.2) is 28.6 Å². The number of rotatable bonds is 4. The predicted octanol–water partition coefficient (Wildman–Crippen LogP) is 2.44. The maximum atomic E-state index is 12.0. The highest BCUT2D eigenvalue weighted by atomic mass is 32.2. The van der Waals surface area contributed by atoms with Crippen molar-refractivity contribution in [3.8, 4) is 0 Å². The van der Waals surface area contributed by atoms with Crippen LogP contribution in [0.2, 0.25) is 0 Å². The predicted molar refractivity (Wildman–Crippen MR) is 84.2 cm³/mol. The summed E-state index contributed by atoms with van der Waals surface area (Å²) >= 11 is 1.35. The van der Waals surface area contributed by atoms with Crippen molar-refractivity contribution in [2.75, 3.05) is 11.9 Å². The maximum Gasteiger partial charge on any atom is 0.238 e. The van der Waals surface area contributed by atoms with Crippen molar-refractivity contribution in [1.82, 2.24) is 10.3 Å². The van der Waals surface area contributed by atoms with Gasteiger partial charge in [0.15, 0.2) is 0 Å². The topological polar surface area (TPSA) is 71.1 Å². The maximum absolute atomic E-state index is 12.0. The lowest BCUT2D eigenvalue weighted by Gasteiger charge is -2.23. The quantitative estimate of drug-likeness (QED) is 0.896. The van der Waals surface area contributed by atoms with E-state index in [1.807, 2.05) is 6.07 Å². The Morgan fingerprint density at radius 3 is 2.95 bits per heavy atom. The number of carbonyl (C=O) groups excluding carboxylic acids is 2. The smallest absolute Gasteiger partial charge is 0.238 e. The molecule has 2 heterocycles. The van der Waals surface area contributed by atoms with Crippen LogP contribution in [0.1, 0.15) is 33.6 Å². The molecule has 2 rings (SSSR count). The number of fused-ring (bicyclic) bond motifs is 1. The number of thioether (sulfide) groups is 1. The number of nitrogens with zero attached hydrogens (tertiary/aromatic N) is 1. The fraction of sp³-hybridized carbons (Fsp3) is 0.533. The van der Waals surface area contributed by atoms with Crippen LogP contribution in [0.3, 0.4) is 0 Å². The molecule has 0 saturated carbocycles. The van der Waals surface area contributed by atoms with Gasteiger partial charge in [0.05, 0.1) is 10.9 Å². The molecule has 5 nitrogen and oxygen atoms in total. The first kappa shape index (κ1) is 15.8. The third-order valence-corrected chi connectivity index (χ3v) is 4.36. The average Bonchev–Trinajstić information content (AvgIpc) is 2.38. The van der Waals surface area contributed by atoms with Crippen molar-refractivity contribution >= 4 is 29.3 Å². The minimum atomic E-state index is -0.415. The number of carbonyl (C=O) groups is 2. The van der Waals surface area contributed by atoms with Gasteiger partial charge in [-0.15, -0.1) is 0 Å². The summed E-state index contributed by atoms with van der Waals surface area (Å²) in [5.74, 6) is -0.224. The van der Waals surface area contributed by atoms with Gasteiger partial charge >= 0.3 is 0 Å². The van der Waals surface area contributed by atoms with Crippen molar-refractivity contribution in [2.24, 2.45) is 5.41 Å². The van der Waals surface area contributed by atoms with E-state index in [4.69, 9.17) is 0 Å². The van der Waals surface area contributed by atoms with Gasteiger partial charge in [-0.1, -0.05) is 32.5 Å². The number of amides is 2. The SMILES string of the molecule is CC(C)(C)CCNC(=O)CC1Sc2ncccc2NC1=O. The summed E-state index contributed by atoms with van der Waals surface area (Å²) in [6.45, 7) is 7.03. The van der Waals surface area contributed by atoms with Crippen molar-refractivity contribution in [3.05, 3.63) is 18.3 Å². The molecule has 0 bridgehead atoms. The highest BCUT2D eigenvalue weighted by Gasteiger charge is 2.29. The fourth-order valence-electron chi connectivity index (χ4n) is 1.93. The number of aromatic nitrogens is 1. The molecule has 1 aliphatic rings. The molecular formula is C15H21N3O2S. The molecule has 1 aromatic heterocycles. The lowest BCUT2D eigenvalue weighted by Crippen LogP contribution is -2.36. The zero-order chi connectivity index (χ0) is 15.5. The molecule has 1 atom stereocenters. The van der Waals surface area contributed by atoms with Gasteiger partial charge in [-0.05, 0) is 24.0 Å². The summed E-state index contributed by atoms with van der Waals surface area (Å²) in [7, 11) is 0. The molecule has 0 saturated heterocycles.